The van der Waals surface area contributed by atoms with E-state index in [1.54, 1.807) is 18.9 Å². The van der Waals surface area contributed by atoms with E-state index in [1.807, 2.05) is 30.3 Å². The Bertz CT molecular complexity index is 656. The SMILES string of the molecule is COc1cc(CSc2ccccc2C)ccc1/C(N)=N/O. The van der Waals surface area contributed by atoms with Gasteiger partial charge in [-0.1, -0.05) is 29.4 Å². The zero-order valence-corrected chi connectivity index (χ0v) is 12.9. The van der Waals surface area contributed by atoms with Gasteiger partial charge >= 0.3 is 0 Å². The molecular formula is C16H18N2O2S. The van der Waals surface area contributed by atoms with Gasteiger partial charge in [0, 0.05) is 10.6 Å². The largest absolute Gasteiger partial charge is 0.496 e. The van der Waals surface area contributed by atoms with Crippen LogP contribution in [0.3, 0.4) is 0 Å². The van der Waals surface area contributed by atoms with Crippen LogP contribution in [0.4, 0.5) is 0 Å². The summed E-state index contributed by atoms with van der Waals surface area (Å²) < 4.78 is 5.30. The third-order valence-corrected chi connectivity index (χ3v) is 4.38. The second kappa shape index (κ2) is 7.04. The Morgan fingerprint density at radius 1 is 1.29 bits per heavy atom. The molecule has 3 N–H and O–H groups in total. The summed E-state index contributed by atoms with van der Waals surface area (Å²) in [7, 11) is 1.57. The van der Waals surface area contributed by atoms with Crippen molar-refractivity contribution in [3.05, 3.63) is 59.2 Å². The number of oxime groups is 1. The van der Waals surface area contributed by atoms with Crippen LogP contribution >= 0.6 is 11.8 Å². The number of methoxy groups -OCH3 is 1. The summed E-state index contributed by atoms with van der Waals surface area (Å²) in [6, 6.07) is 14.0. The quantitative estimate of drug-likeness (QED) is 0.292. The Morgan fingerprint density at radius 3 is 2.71 bits per heavy atom. The molecule has 0 aromatic heterocycles. The summed E-state index contributed by atoms with van der Waals surface area (Å²) in [6.45, 7) is 2.10. The number of thioether (sulfide) groups is 1. The molecule has 0 aliphatic carbocycles. The van der Waals surface area contributed by atoms with Crippen molar-refractivity contribution < 1.29 is 9.94 Å². The fourth-order valence-corrected chi connectivity index (χ4v) is 2.94. The molecule has 5 heteroatoms. The Kier molecular flexibility index (Phi) is 5.11. The van der Waals surface area contributed by atoms with Gasteiger partial charge in [-0.15, -0.1) is 11.8 Å². The second-order valence-electron chi connectivity index (χ2n) is 4.57. The normalized spacial score (nSPS) is 11.4. The van der Waals surface area contributed by atoms with E-state index in [0.29, 0.717) is 11.3 Å². The van der Waals surface area contributed by atoms with E-state index in [9.17, 15) is 0 Å². The van der Waals surface area contributed by atoms with Gasteiger partial charge in [0.1, 0.15) is 5.75 Å². The minimum absolute atomic E-state index is 0.0463. The lowest BCUT2D eigenvalue weighted by Gasteiger charge is -2.10. The zero-order chi connectivity index (χ0) is 15.2. The maximum atomic E-state index is 8.76. The average molecular weight is 302 g/mol. The van der Waals surface area contributed by atoms with Crippen molar-refractivity contribution >= 4 is 17.6 Å². The van der Waals surface area contributed by atoms with E-state index in [2.05, 4.69) is 24.2 Å². The number of nitrogens with zero attached hydrogens (tertiary/aromatic N) is 1. The van der Waals surface area contributed by atoms with Crippen LogP contribution in [0.5, 0.6) is 5.75 Å². The van der Waals surface area contributed by atoms with E-state index in [0.717, 1.165) is 11.3 Å². The number of aryl methyl sites for hydroxylation is 1. The third kappa shape index (κ3) is 3.70. The van der Waals surface area contributed by atoms with Crippen LogP contribution in [0.15, 0.2) is 52.5 Å². The average Bonchev–Trinajstić information content (AvgIpc) is 2.53. The fourth-order valence-electron chi connectivity index (χ4n) is 1.97. The van der Waals surface area contributed by atoms with Gasteiger partial charge in [0.2, 0.25) is 0 Å². The van der Waals surface area contributed by atoms with E-state index in [1.165, 1.54) is 10.5 Å². The second-order valence-corrected chi connectivity index (χ2v) is 5.59. The first-order valence-corrected chi connectivity index (χ1v) is 7.47. The van der Waals surface area contributed by atoms with Crippen LogP contribution in [-0.2, 0) is 5.75 Å². The fraction of sp³-hybridized carbons (Fsp3) is 0.188. The van der Waals surface area contributed by atoms with Crippen molar-refractivity contribution in [3.8, 4) is 5.75 Å². The van der Waals surface area contributed by atoms with Crippen molar-refractivity contribution in [1.82, 2.24) is 0 Å². The smallest absolute Gasteiger partial charge is 0.173 e. The third-order valence-electron chi connectivity index (χ3n) is 3.14. The highest BCUT2D eigenvalue weighted by Crippen LogP contribution is 2.28. The Labute approximate surface area is 128 Å². The van der Waals surface area contributed by atoms with Gasteiger partial charge in [-0.2, -0.15) is 0 Å². The zero-order valence-electron chi connectivity index (χ0n) is 12.0. The lowest BCUT2D eigenvalue weighted by atomic mass is 10.1. The summed E-state index contributed by atoms with van der Waals surface area (Å²) in [5.74, 6) is 1.48. The molecule has 0 spiro atoms. The lowest BCUT2D eigenvalue weighted by Crippen LogP contribution is -2.14. The van der Waals surface area contributed by atoms with E-state index in [-0.39, 0.29) is 5.84 Å². The topological polar surface area (TPSA) is 67.8 Å². The molecule has 21 heavy (non-hydrogen) atoms. The highest BCUT2D eigenvalue weighted by Gasteiger charge is 2.09. The van der Waals surface area contributed by atoms with Gasteiger partial charge < -0.3 is 15.7 Å². The summed E-state index contributed by atoms with van der Waals surface area (Å²) in [5, 5.41) is 11.8. The monoisotopic (exact) mass is 302 g/mol. The molecule has 0 aliphatic rings. The standard InChI is InChI=1S/C16H18N2O2S/c1-11-5-3-4-6-15(11)21-10-12-7-8-13(16(17)18-19)14(9-12)20-2/h3-9,19H,10H2,1-2H3,(H2,17,18). The van der Waals surface area contributed by atoms with Gasteiger partial charge in [0.05, 0.1) is 12.7 Å². The minimum atomic E-state index is 0.0463. The molecule has 110 valence electrons. The first-order chi connectivity index (χ1) is 10.2. The highest BCUT2D eigenvalue weighted by molar-refractivity contribution is 7.98. The molecule has 0 heterocycles. The molecule has 0 aliphatic heterocycles. The number of ether oxygens (including phenoxy) is 1. The maximum Gasteiger partial charge on any atom is 0.173 e. The van der Waals surface area contributed by atoms with Crippen molar-refractivity contribution in [2.24, 2.45) is 10.9 Å². The molecule has 0 saturated heterocycles. The lowest BCUT2D eigenvalue weighted by molar-refractivity contribution is 0.318. The number of hydrogen-bond acceptors (Lipinski definition) is 4. The highest BCUT2D eigenvalue weighted by atomic mass is 32.2. The van der Waals surface area contributed by atoms with E-state index >= 15 is 0 Å². The first kappa shape index (κ1) is 15.3. The molecular weight excluding hydrogens is 284 g/mol. The predicted octanol–water partition coefficient (Wildman–Crippen LogP) is 3.39. The maximum absolute atomic E-state index is 8.76. The van der Waals surface area contributed by atoms with Gasteiger partial charge in [0.15, 0.2) is 5.84 Å². The first-order valence-electron chi connectivity index (χ1n) is 6.49. The number of rotatable bonds is 5. The van der Waals surface area contributed by atoms with Crippen LogP contribution in [0.25, 0.3) is 0 Å². The summed E-state index contributed by atoms with van der Waals surface area (Å²) >= 11 is 1.77. The van der Waals surface area contributed by atoms with Crippen LogP contribution in [0, 0.1) is 6.92 Å². The Hall–Kier alpha value is -2.14. The van der Waals surface area contributed by atoms with Gasteiger partial charge in [-0.3, -0.25) is 0 Å². The van der Waals surface area contributed by atoms with Crippen LogP contribution in [0.1, 0.15) is 16.7 Å². The molecule has 0 bridgehead atoms. The van der Waals surface area contributed by atoms with Gasteiger partial charge in [-0.05, 0) is 36.2 Å². The molecule has 4 nitrogen and oxygen atoms in total. The summed E-state index contributed by atoms with van der Waals surface area (Å²) in [6.07, 6.45) is 0. The molecule has 0 fully saturated rings. The predicted molar refractivity (Wildman–Crippen MR) is 86.2 cm³/mol. The van der Waals surface area contributed by atoms with Gasteiger partial charge in [-0.25, -0.2) is 0 Å². The number of amidine groups is 1. The van der Waals surface area contributed by atoms with Gasteiger partial charge in [0.25, 0.3) is 0 Å². The van der Waals surface area contributed by atoms with Crippen molar-refractivity contribution in [2.45, 2.75) is 17.6 Å². The molecule has 0 radical (unpaired) electrons. The summed E-state index contributed by atoms with van der Waals surface area (Å²) in [5.41, 5.74) is 8.59. The Morgan fingerprint density at radius 2 is 2.05 bits per heavy atom. The number of hydrogen-bond donors (Lipinski definition) is 2. The number of benzene rings is 2. The van der Waals surface area contributed by atoms with Crippen molar-refractivity contribution in [1.29, 1.82) is 0 Å². The molecule has 2 rings (SSSR count). The van der Waals surface area contributed by atoms with Crippen molar-refractivity contribution in [2.75, 3.05) is 7.11 Å². The van der Waals surface area contributed by atoms with E-state index in [4.69, 9.17) is 15.7 Å². The molecule has 2 aromatic rings. The minimum Gasteiger partial charge on any atom is -0.496 e. The Balaban J connectivity index is 2.17. The molecule has 2 aromatic carbocycles. The molecule has 0 unspecified atom stereocenters. The van der Waals surface area contributed by atoms with Crippen molar-refractivity contribution in [3.63, 3.8) is 0 Å². The van der Waals surface area contributed by atoms with E-state index < -0.39 is 0 Å². The van der Waals surface area contributed by atoms with Crippen LogP contribution in [-0.4, -0.2) is 18.2 Å². The molecule has 0 atom stereocenters. The van der Waals surface area contributed by atoms with Crippen LogP contribution < -0.4 is 10.5 Å². The molecule has 0 amide bonds. The summed E-state index contributed by atoms with van der Waals surface area (Å²) in [4.78, 5) is 1.26. The van der Waals surface area contributed by atoms with Crippen LogP contribution in [0.2, 0.25) is 0 Å². The number of nitrogens with two attached hydrogens (primary N) is 1. The molecule has 0 saturated carbocycles.